The smallest absolute Gasteiger partial charge is 0.356 e. The van der Waals surface area contributed by atoms with E-state index in [0.29, 0.717) is 11.3 Å². The van der Waals surface area contributed by atoms with E-state index in [1.54, 1.807) is 0 Å². The second-order valence-electron chi connectivity index (χ2n) is 9.13. The summed E-state index contributed by atoms with van der Waals surface area (Å²) in [5, 5.41) is -0.435. The van der Waals surface area contributed by atoms with Gasteiger partial charge in [0, 0.05) is 11.7 Å². The molecule has 5 rings (SSSR count). The number of amides is 1. The maximum absolute atomic E-state index is 13.9. The van der Waals surface area contributed by atoms with E-state index in [1.165, 1.54) is 30.9 Å². The molecule has 0 spiro atoms. The van der Waals surface area contributed by atoms with Crippen LogP contribution in [-0.4, -0.2) is 60.1 Å². The molecule has 37 heavy (non-hydrogen) atoms. The molecule has 2 heterocycles. The quantitative estimate of drug-likeness (QED) is 0.252. The zero-order valence-electron chi connectivity index (χ0n) is 20.3. The molecule has 3 aliphatic rings. The van der Waals surface area contributed by atoms with Crippen LogP contribution in [0.1, 0.15) is 23.7 Å². The number of hydrogen-bond acceptors (Lipinski definition) is 9. The van der Waals surface area contributed by atoms with Crippen molar-refractivity contribution in [1.29, 1.82) is 0 Å². The van der Waals surface area contributed by atoms with Gasteiger partial charge in [-0.2, -0.15) is 0 Å². The zero-order valence-corrected chi connectivity index (χ0v) is 21.1. The molecule has 2 aliphatic heterocycles. The lowest BCUT2D eigenvalue weighted by atomic mass is 9.95. The van der Waals surface area contributed by atoms with E-state index in [-0.39, 0.29) is 12.1 Å². The average molecular weight is 523 g/mol. The normalized spacial score (nSPS) is 23.6. The van der Waals surface area contributed by atoms with Crippen molar-refractivity contribution in [1.82, 2.24) is 4.90 Å². The van der Waals surface area contributed by atoms with Crippen LogP contribution in [0.4, 0.5) is 0 Å². The molecule has 0 aromatic heterocycles. The van der Waals surface area contributed by atoms with Crippen LogP contribution in [0.3, 0.4) is 0 Å². The third-order valence-electron chi connectivity index (χ3n) is 7.14. The van der Waals surface area contributed by atoms with E-state index < -0.39 is 52.7 Å². The number of esters is 3. The van der Waals surface area contributed by atoms with Crippen molar-refractivity contribution in [3.8, 4) is 0 Å². The number of fused-ring (bicyclic) bond motifs is 1. The van der Waals surface area contributed by atoms with Gasteiger partial charge in [0.2, 0.25) is 5.91 Å². The van der Waals surface area contributed by atoms with Crippen LogP contribution in [0.15, 0.2) is 71.9 Å². The van der Waals surface area contributed by atoms with E-state index in [4.69, 9.17) is 19.9 Å². The Morgan fingerprint density at radius 1 is 0.973 bits per heavy atom. The number of rotatable bonds is 7. The SMILES string of the molecule is COC(=O)C1(C(=O)OC)CC1C1=C(C(=O)OC(c2ccccc2)c2ccccc2)N2C(=O)[C@@H](N)[C@H]2SC1. The summed E-state index contributed by atoms with van der Waals surface area (Å²) in [6, 6.07) is 17.8. The standard InChI is InChI=1S/C27H26N2O7S/c1-34-25(32)27(26(33)35-2)13-18(27)17-14-37-23-19(28)22(30)29(23)20(17)24(31)36-21(15-9-5-3-6-10-15)16-11-7-4-8-12-16/h3-12,18-19,21,23H,13-14,28H2,1-2H3/t18?,19-,23-/m1/s1. The van der Waals surface area contributed by atoms with Crippen LogP contribution < -0.4 is 5.73 Å². The number of hydrogen-bond donors (Lipinski definition) is 1. The van der Waals surface area contributed by atoms with E-state index >= 15 is 0 Å². The number of nitrogens with zero attached hydrogens (tertiary/aromatic N) is 1. The van der Waals surface area contributed by atoms with Gasteiger partial charge < -0.3 is 19.9 Å². The third kappa shape index (κ3) is 4.00. The average Bonchev–Trinajstić information content (AvgIpc) is 3.71. The van der Waals surface area contributed by atoms with Gasteiger partial charge in [-0.3, -0.25) is 19.3 Å². The van der Waals surface area contributed by atoms with Gasteiger partial charge in [0.1, 0.15) is 17.1 Å². The molecule has 192 valence electrons. The summed E-state index contributed by atoms with van der Waals surface area (Å²) in [6.45, 7) is 0. The molecule has 1 saturated carbocycles. The highest BCUT2D eigenvalue weighted by Crippen LogP contribution is 2.61. The number of ether oxygens (including phenoxy) is 3. The summed E-state index contributed by atoms with van der Waals surface area (Å²) in [5.41, 5.74) is 6.47. The Bertz CT molecular complexity index is 1220. The van der Waals surface area contributed by atoms with Crippen LogP contribution >= 0.6 is 11.8 Å². The monoisotopic (exact) mass is 522 g/mol. The predicted molar refractivity (Wildman–Crippen MR) is 133 cm³/mol. The molecule has 0 bridgehead atoms. The van der Waals surface area contributed by atoms with Crippen LogP contribution in [0.5, 0.6) is 0 Å². The first-order valence-corrected chi connectivity index (χ1v) is 12.8. The Morgan fingerprint density at radius 3 is 2.03 bits per heavy atom. The van der Waals surface area contributed by atoms with Crippen molar-refractivity contribution in [2.45, 2.75) is 23.9 Å². The molecule has 9 nitrogen and oxygen atoms in total. The fourth-order valence-corrected chi connectivity index (χ4v) is 6.50. The first-order valence-electron chi connectivity index (χ1n) is 11.8. The van der Waals surface area contributed by atoms with Crippen molar-refractivity contribution >= 4 is 35.6 Å². The van der Waals surface area contributed by atoms with Crippen LogP contribution in [-0.2, 0) is 33.4 Å². The predicted octanol–water partition coefficient (Wildman–Crippen LogP) is 2.17. The Kier molecular flexibility index (Phi) is 6.55. The van der Waals surface area contributed by atoms with Gasteiger partial charge in [0.15, 0.2) is 11.5 Å². The molecule has 1 amide bonds. The summed E-state index contributed by atoms with van der Waals surface area (Å²) in [7, 11) is 2.39. The number of β-lactam (4-membered cyclic amide) rings is 1. The molecule has 1 unspecified atom stereocenters. The van der Waals surface area contributed by atoms with Crippen LogP contribution in [0.2, 0.25) is 0 Å². The first kappa shape index (κ1) is 25.0. The van der Waals surface area contributed by atoms with Crippen molar-refractivity contribution in [2.75, 3.05) is 20.0 Å². The molecule has 10 heteroatoms. The second kappa shape index (κ2) is 9.68. The lowest BCUT2D eigenvalue weighted by Crippen LogP contribution is -2.68. The number of benzene rings is 2. The summed E-state index contributed by atoms with van der Waals surface area (Å²) in [6.07, 6.45) is -0.634. The van der Waals surface area contributed by atoms with Gasteiger partial charge in [-0.1, -0.05) is 60.7 Å². The fourth-order valence-electron chi connectivity index (χ4n) is 5.12. The van der Waals surface area contributed by atoms with Crippen LogP contribution in [0, 0.1) is 11.3 Å². The number of carbonyl (C=O) groups excluding carboxylic acids is 4. The largest absolute Gasteiger partial charge is 0.468 e. The minimum absolute atomic E-state index is 0.0343. The topological polar surface area (TPSA) is 125 Å². The second-order valence-corrected chi connectivity index (χ2v) is 10.2. The van der Waals surface area contributed by atoms with Crippen LogP contribution in [0.25, 0.3) is 0 Å². The molecule has 2 aromatic carbocycles. The number of carbonyl (C=O) groups is 4. The molecule has 1 saturated heterocycles. The molecule has 2 fully saturated rings. The minimum Gasteiger partial charge on any atom is -0.468 e. The number of thioether (sulfide) groups is 1. The van der Waals surface area contributed by atoms with Gasteiger partial charge >= 0.3 is 17.9 Å². The lowest BCUT2D eigenvalue weighted by molar-refractivity contribution is -0.162. The minimum atomic E-state index is -1.56. The zero-order chi connectivity index (χ0) is 26.3. The van der Waals surface area contributed by atoms with E-state index in [0.717, 1.165) is 11.1 Å². The highest BCUT2D eigenvalue weighted by atomic mass is 32.2. The summed E-state index contributed by atoms with van der Waals surface area (Å²) in [5.74, 6) is -2.99. The van der Waals surface area contributed by atoms with Gasteiger partial charge in [-0.25, -0.2) is 4.79 Å². The number of methoxy groups -OCH3 is 2. The van der Waals surface area contributed by atoms with E-state index in [1.807, 2.05) is 60.7 Å². The molecule has 3 atom stereocenters. The van der Waals surface area contributed by atoms with Gasteiger partial charge in [0.05, 0.1) is 14.2 Å². The Balaban J connectivity index is 1.56. The van der Waals surface area contributed by atoms with E-state index in [9.17, 15) is 19.2 Å². The molecular formula is C27H26N2O7S. The molecule has 0 radical (unpaired) electrons. The third-order valence-corrected chi connectivity index (χ3v) is 8.47. The van der Waals surface area contributed by atoms with Crippen molar-refractivity contribution in [3.63, 3.8) is 0 Å². The highest BCUT2D eigenvalue weighted by molar-refractivity contribution is 8.00. The van der Waals surface area contributed by atoms with Gasteiger partial charge in [-0.15, -0.1) is 11.8 Å². The maximum atomic E-state index is 13.9. The lowest BCUT2D eigenvalue weighted by Gasteiger charge is -2.48. The highest BCUT2D eigenvalue weighted by Gasteiger charge is 2.70. The summed E-state index contributed by atoms with van der Waals surface area (Å²) in [4.78, 5) is 53.4. The molecule has 1 aliphatic carbocycles. The maximum Gasteiger partial charge on any atom is 0.356 e. The number of nitrogens with two attached hydrogens (primary N) is 1. The molecule has 2 N–H and O–H groups in total. The molecule has 2 aromatic rings. The van der Waals surface area contributed by atoms with E-state index in [2.05, 4.69) is 0 Å². The molecular weight excluding hydrogens is 496 g/mol. The Labute approximate surface area is 217 Å². The Hall–Kier alpha value is -3.63. The first-order chi connectivity index (χ1) is 17.8. The van der Waals surface area contributed by atoms with Crippen molar-refractivity contribution < 1.29 is 33.4 Å². The Morgan fingerprint density at radius 2 is 1.51 bits per heavy atom. The van der Waals surface area contributed by atoms with Crippen molar-refractivity contribution in [2.24, 2.45) is 17.1 Å². The fraction of sp³-hybridized carbons (Fsp3) is 0.333. The summed E-state index contributed by atoms with van der Waals surface area (Å²) >= 11 is 1.38. The van der Waals surface area contributed by atoms with Gasteiger partial charge in [-0.05, 0) is 23.1 Å². The van der Waals surface area contributed by atoms with Crippen molar-refractivity contribution in [3.05, 3.63) is 83.1 Å². The summed E-state index contributed by atoms with van der Waals surface area (Å²) < 4.78 is 15.9. The van der Waals surface area contributed by atoms with Gasteiger partial charge in [0.25, 0.3) is 0 Å².